The maximum absolute atomic E-state index is 12.4. The molecule has 0 unspecified atom stereocenters. The van der Waals surface area contributed by atoms with E-state index in [-0.39, 0.29) is 17.2 Å². The Labute approximate surface area is 134 Å². The number of carbonyl (C=O) groups excluding carboxylic acids is 2. The van der Waals surface area contributed by atoms with Crippen molar-refractivity contribution in [3.63, 3.8) is 0 Å². The van der Waals surface area contributed by atoms with Crippen molar-refractivity contribution in [2.75, 3.05) is 32.7 Å². The lowest BCUT2D eigenvalue weighted by molar-refractivity contribution is -0.139. The summed E-state index contributed by atoms with van der Waals surface area (Å²) in [5.41, 5.74) is -0.324. The minimum atomic E-state index is -0.324. The fourth-order valence-corrected chi connectivity index (χ4v) is 3.35. The molecule has 5 heteroatoms. The fraction of sp³-hybridized carbons (Fsp3) is 0.882. The van der Waals surface area contributed by atoms with Crippen LogP contribution < -0.4 is 5.32 Å². The van der Waals surface area contributed by atoms with Crippen LogP contribution in [0.5, 0.6) is 0 Å². The van der Waals surface area contributed by atoms with Crippen LogP contribution in [0.25, 0.3) is 0 Å². The fourth-order valence-electron chi connectivity index (χ4n) is 3.35. The number of hydrogen-bond donors (Lipinski definition) is 1. The Kier molecular flexibility index (Phi) is 5.84. The number of nitrogens with zero attached hydrogens (tertiary/aromatic N) is 2. The second-order valence-electron chi connectivity index (χ2n) is 7.72. The van der Waals surface area contributed by atoms with Crippen molar-refractivity contribution >= 4 is 11.8 Å². The Bertz CT molecular complexity index is 397. The van der Waals surface area contributed by atoms with E-state index in [1.807, 2.05) is 25.7 Å². The maximum Gasteiger partial charge on any atom is 0.234 e. The molecule has 1 N–H and O–H groups in total. The first-order valence-electron chi connectivity index (χ1n) is 8.67. The van der Waals surface area contributed by atoms with E-state index in [2.05, 4.69) is 10.2 Å². The van der Waals surface area contributed by atoms with Gasteiger partial charge in [-0.05, 0) is 19.3 Å². The Morgan fingerprint density at radius 1 is 1.00 bits per heavy atom. The largest absolute Gasteiger partial charge is 0.352 e. The van der Waals surface area contributed by atoms with Crippen LogP contribution in [0.1, 0.15) is 52.9 Å². The molecule has 1 heterocycles. The van der Waals surface area contributed by atoms with Crippen molar-refractivity contribution in [2.24, 2.45) is 5.41 Å². The van der Waals surface area contributed by atoms with E-state index >= 15 is 0 Å². The monoisotopic (exact) mass is 309 g/mol. The number of amides is 2. The average molecular weight is 309 g/mol. The number of rotatable bonds is 3. The zero-order valence-corrected chi connectivity index (χ0v) is 14.4. The van der Waals surface area contributed by atoms with Crippen LogP contribution in [0.3, 0.4) is 0 Å². The second-order valence-corrected chi connectivity index (χ2v) is 7.72. The van der Waals surface area contributed by atoms with Gasteiger partial charge in [0.05, 0.1) is 6.54 Å². The molecule has 0 aromatic heterocycles. The Balaban J connectivity index is 1.77. The van der Waals surface area contributed by atoms with Crippen molar-refractivity contribution < 1.29 is 9.59 Å². The molecule has 5 nitrogen and oxygen atoms in total. The molecule has 2 amide bonds. The van der Waals surface area contributed by atoms with Gasteiger partial charge in [0.2, 0.25) is 11.8 Å². The molecule has 126 valence electrons. The van der Waals surface area contributed by atoms with Crippen LogP contribution in [-0.2, 0) is 9.59 Å². The summed E-state index contributed by atoms with van der Waals surface area (Å²) in [5.74, 6) is 0.354. The Hall–Kier alpha value is -1.10. The van der Waals surface area contributed by atoms with Crippen molar-refractivity contribution in [2.45, 2.75) is 58.9 Å². The molecule has 0 spiro atoms. The van der Waals surface area contributed by atoms with Gasteiger partial charge in [-0.15, -0.1) is 0 Å². The zero-order chi connectivity index (χ0) is 16.2. The van der Waals surface area contributed by atoms with Gasteiger partial charge in [-0.25, -0.2) is 0 Å². The number of carbonyl (C=O) groups is 2. The molecular formula is C17H31N3O2. The van der Waals surface area contributed by atoms with Gasteiger partial charge in [0, 0.05) is 37.6 Å². The molecule has 2 fully saturated rings. The normalized spacial score (nSPS) is 21.7. The molecule has 22 heavy (non-hydrogen) atoms. The average Bonchev–Trinajstić information content (AvgIpc) is 2.82. The zero-order valence-electron chi connectivity index (χ0n) is 14.4. The highest BCUT2D eigenvalue weighted by Crippen LogP contribution is 2.19. The third-order valence-electron chi connectivity index (χ3n) is 4.60. The van der Waals surface area contributed by atoms with Crippen LogP contribution >= 0.6 is 0 Å². The van der Waals surface area contributed by atoms with Gasteiger partial charge in [0.25, 0.3) is 0 Å². The molecule has 0 aromatic carbocycles. The van der Waals surface area contributed by atoms with Gasteiger partial charge in [-0.2, -0.15) is 0 Å². The maximum atomic E-state index is 12.4. The summed E-state index contributed by atoms with van der Waals surface area (Å²) in [7, 11) is 0. The summed E-state index contributed by atoms with van der Waals surface area (Å²) in [5, 5.41) is 3.14. The van der Waals surface area contributed by atoms with Crippen molar-refractivity contribution in [3.8, 4) is 0 Å². The second kappa shape index (κ2) is 7.44. The first-order chi connectivity index (χ1) is 10.4. The summed E-state index contributed by atoms with van der Waals surface area (Å²) >= 11 is 0. The molecule has 0 aromatic rings. The minimum Gasteiger partial charge on any atom is -0.352 e. The number of hydrogen-bond acceptors (Lipinski definition) is 3. The predicted octanol–water partition coefficient (Wildman–Crippen LogP) is 1.63. The highest BCUT2D eigenvalue weighted by molar-refractivity contribution is 5.81. The summed E-state index contributed by atoms with van der Waals surface area (Å²) in [6, 6.07) is 0.387. The molecule has 0 radical (unpaired) electrons. The first kappa shape index (κ1) is 17.3. The Morgan fingerprint density at radius 2 is 1.68 bits per heavy atom. The van der Waals surface area contributed by atoms with Crippen LogP contribution in [0.2, 0.25) is 0 Å². The smallest absolute Gasteiger partial charge is 0.234 e. The molecule has 0 bridgehead atoms. The predicted molar refractivity (Wildman–Crippen MR) is 87.5 cm³/mol. The molecule has 1 aliphatic carbocycles. The minimum absolute atomic E-state index is 0.141. The van der Waals surface area contributed by atoms with Gasteiger partial charge in [0.15, 0.2) is 0 Å². The SMILES string of the molecule is CC(C)(C)C(=O)N1CCCN(CC(=O)NC2CCCC2)CC1. The lowest BCUT2D eigenvalue weighted by Gasteiger charge is -2.28. The van der Waals surface area contributed by atoms with Gasteiger partial charge in [-0.3, -0.25) is 14.5 Å². The quantitative estimate of drug-likeness (QED) is 0.862. The molecule has 2 rings (SSSR count). The third-order valence-corrected chi connectivity index (χ3v) is 4.60. The lowest BCUT2D eigenvalue weighted by Crippen LogP contribution is -2.44. The van der Waals surface area contributed by atoms with E-state index in [0.717, 1.165) is 45.4 Å². The highest BCUT2D eigenvalue weighted by atomic mass is 16.2. The summed E-state index contributed by atoms with van der Waals surface area (Å²) in [6.45, 7) is 9.58. The van der Waals surface area contributed by atoms with Gasteiger partial charge in [0.1, 0.15) is 0 Å². The first-order valence-corrected chi connectivity index (χ1v) is 8.67. The molecule has 1 aliphatic heterocycles. The van der Waals surface area contributed by atoms with E-state index in [4.69, 9.17) is 0 Å². The topological polar surface area (TPSA) is 52.7 Å². The van der Waals surface area contributed by atoms with Crippen LogP contribution in [-0.4, -0.2) is 60.4 Å². The van der Waals surface area contributed by atoms with Gasteiger partial charge >= 0.3 is 0 Å². The highest BCUT2D eigenvalue weighted by Gasteiger charge is 2.29. The molecule has 1 saturated carbocycles. The Morgan fingerprint density at radius 3 is 2.32 bits per heavy atom. The molecular weight excluding hydrogens is 278 g/mol. The van der Waals surface area contributed by atoms with Crippen LogP contribution in [0.4, 0.5) is 0 Å². The van der Waals surface area contributed by atoms with Gasteiger partial charge < -0.3 is 10.2 Å². The van der Waals surface area contributed by atoms with Crippen LogP contribution in [0.15, 0.2) is 0 Å². The molecule has 2 aliphatic rings. The van der Waals surface area contributed by atoms with Crippen LogP contribution in [0, 0.1) is 5.41 Å². The van der Waals surface area contributed by atoms with E-state index in [1.54, 1.807) is 0 Å². The van der Waals surface area contributed by atoms with Crippen molar-refractivity contribution in [1.29, 1.82) is 0 Å². The van der Waals surface area contributed by atoms with E-state index in [1.165, 1.54) is 12.8 Å². The molecule has 0 atom stereocenters. The van der Waals surface area contributed by atoms with Crippen molar-refractivity contribution in [3.05, 3.63) is 0 Å². The van der Waals surface area contributed by atoms with E-state index in [0.29, 0.717) is 12.6 Å². The summed E-state index contributed by atoms with van der Waals surface area (Å²) < 4.78 is 0. The summed E-state index contributed by atoms with van der Waals surface area (Å²) in [4.78, 5) is 28.6. The standard InChI is InChI=1S/C17H31N3O2/c1-17(2,3)16(22)20-10-6-9-19(11-12-20)13-15(21)18-14-7-4-5-8-14/h14H,4-13H2,1-3H3,(H,18,21). The third kappa shape index (κ3) is 4.97. The van der Waals surface area contributed by atoms with Crippen molar-refractivity contribution in [1.82, 2.24) is 15.1 Å². The summed E-state index contributed by atoms with van der Waals surface area (Å²) in [6.07, 6.45) is 5.66. The molecule has 1 saturated heterocycles. The van der Waals surface area contributed by atoms with E-state index in [9.17, 15) is 9.59 Å². The van der Waals surface area contributed by atoms with Gasteiger partial charge in [-0.1, -0.05) is 33.6 Å². The number of nitrogens with one attached hydrogen (secondary N) is 1. The van der Waals surface area contributed by atoms with E-state index < -0.39 is 0 Å². The lowest BCUT2D eigenvalue weighted by atomic mass is 9.94.